The summed E-state index contributed by atoms with van der Waals surface area (Å²) >= 11 is 0. The van der Waals surface area contributed by atoms with Gasteiger partial charge in [0.05, 0.1) is 18.9 Å². The molecule has 3 rings (SSSR count). The molecule has 0 saturated heterocycles. The van der Waals surface area contributed by atoms with E-state index in [0.29, 0.717) is 5.57 Å². The van der Waals surface area contributed by atoms with Gasteiger partial charge < -0.3 is 14.2 Å². The monoisotopic (exact) mass is 367 g/mol. The van der Waals surface area contributed by atoms with Crippen LogP contribution < -0.4 is 5.32 Å². The van der Waals surface area contributed by atoms with E-state index in [4.69, 9.17) is 14.2 Å². The number of esters is 1. The van der Waals surface area contributed by atoms with Crippen LogP contribution in [-0.2, 0) is 19.0 Å². The number of benzene rings is 1. The van der Waals surface area contributed by atoms with E-state index in [1.54, 1.807) is 0 Å². The molecule has 4 unspecified atom stereocenters. The number of para-hydroxylation sites is 1. The molecule has 26 heavy (non-hydrogen) atoms. The number of nitrogens with one attached hydrogen (secondary N) is 1. The van der Waals surface area contributed by atoms with Gasteiger partial charge >= 0.3 is 12.1 Å². The van der Waals surface area contributed by atoms with Crippen LogP contribution in [0.2, 0.25) is 0 Å². The topological polar surface area (TPSA) is 73.9 Å². The number of hydrogen-bond acceptors (Lipinski definition) is 5. The van der Waals surface area contributed by atoms with Gasteiger partial charge in [-0.05, 0) is 30.9 Å². The fourth-order valence-corrected chi connectivity index (χ4v) is 3.64. The lowest BCUT2D eigenvalue weighted by atomic mass is 9.83. The molecule has 2 aliphatic rings. The lowest BCUT2D eigenvalue weighted by Crippen LogP contribution is -2.39. The van der Waals surface area contributed by atoms with Crippen molar-refractivity contribution in [3.8, 4) is 0 Å². The van der Waals surface area contributed by atoms with E-state index in [1.165, 1.54) is 19.4 Å². The van der Waals surface area contributed by atoms with Gasteiger partial charge in [0.2, 0.25) is 6.29 Å². The minimum Gasteiger partial charge on any atom is -0.466 e. The number of rotatable bonds is 3. The molecule has 140 valence electrons. The van der Waals surface area contributed by atoms with Crippen molar-refractivity contribution in [1.82, 2.24) is 0 Å². The number of carbonyl (C=O) groups is 2. The molecule has 1 amide bonds. The molecule has 1 fully saturated rings. The van der Waals surface area contributed by atoms with Crippen LogP contribution in [0.4, 0.5) is 19.3 Å². The maximum absolute atomic E-state index is 13.6. The SMILES string of the molecule is COC(=O)C1=COC(OC(=O)Nc2c(F)cccc2F)C2C(C)CCC12. The van der Waals surface area contributed by atoms with Gasteiger partial charge in [-0.1, -0.05) is 13.0 Å². The molecule has 0 bridgehead atoms. The Hall–Kier alpha value is -2.64. The zero-order valence-electron chi connectivity index (χ0n) is 14.3. The molecular weight excluding hydrogens is 348 g/mol. The number of ether oxygens (including phenoxy) is 3. The Labute approximate surface area is 149 Å². The van der Waals surface area contributed by atoms with Crippen LogP contribution in [0.5, 0.6) is 0 Å². The van der Waals surface area contributed by atoms with E-state index < -0.39 is 35.7 Å². The Morgan fingerprint density at radius 3 is 2.58 bits per heavy atom. The van der Waals surface area contributed by atoms with Crippen molar-refractivity contribution in [1.29, 1.82) is 0 Å². The molecular formula is C18H19F2NO5. The fraction of sp³-hybridized carbons (Fsp3) is 0.444. The van der Waals surface area contributed by atoms with Crippen LogP contribution in [0.1, 0.15) is 19.8 Å². The Balaban J connectivity index is 1.74. The lowest BCUT2D eigenvalue weighted by Gasteiger charge is -2.34. The van der Waals surface area contributed by atoms with E-state index in [0.717, 1.165) is 25.0 Å². The first kappa shape index (κ1) is 18.2. The van der Waals surface area contributed by atoms with Crippen LogP contribution in [0, 0.1) is 29.4 Å². The second-order valence-electron chi connectivity index (χ2n) is 6.43. The van der Waals surface area contributed by atoms with Crippen LogP contribution >= 0.6 is 0 Å². The largest absolute Gasteiger partial charge is 0.466 e. The van der Waals surface area contributed by atoms with Crippen molar-refractivity contribution in [2.24, 2.45) is 17.8 Å². The predicted molar refractivity (Wildman–Crippen MR) is 86.8 cm³/mol. The molecule has 1 aromatic carbocycles. The van der Waals surface area contributed by atoms with Gasteiger partial charge in [-0.3, -0.25) is 5.32 Å². The summed E-state index contributed by atoms with van der Waals surface area (Å²) < 4.78 is 42.7. The summed E-state index contributed by atoms with van der Waals surface area (Å²) in [4.78, 5) is 24.0. The molecule has 1 aromatic rings. The minimum atomic E-state index is -1.04. The van der Waals surface area contributed by atoms with Crippen LogP contribution in [-0.4, -0.2) is 25.5 Å². The molecule has 1 heterocycles. The number of methoxy groups -OCH3 is 1. The second kappa shape index (κ2) is 7.31. The highest BCUT2D eigenvalue weighted by Crippen LogP contribution is 2.46. The Morgan fingerprint density at radius 1 is 1.23 bits per heavy atom. The molecule has 1 aliphatic heterocycles. The Kier molecular flexibility index (Phi) is 5.11. The van der Waals surface area contributed by atoms with Crippen molar-refractivity contribution in [3.05, 3.63) is 41.7 Å². The highest BCUT2D eigenvalue weighted by atomic mass is 19.1. The van der Waals surface area contributed by atoms with Gasteiger partial charge in [-0.25, -0.2) is 18.4 Å². The molecule has 1 N–H and O–H groups in total. The number of amides is 1. The summed E-state index contributed by atoms with van der Waals surface area (Å²) in [7, 11) is 1.29. The predicted octanol–water partition coefficient (Wildman–Crippen LogP) is 3.59. The summed E-state index contributed by atoms with van der Waals surface area (Å²) in [5, 5.41) is 2.06. The van der Waals surface area contributed by atoms with Crippen LogP contribution in [0.3, 0.4) is 0 Å². The average molecular weight is 367 g/mol. The van der Waals surface area contributed by atoms with Crippen LogP contribution in [0.25, 0.3) is 0 Å². The molecule has 1 saturated carbocycles. The normalized spacial score (nSPS) is 27.0. The van der Waals surface area contributed by atoms with Crippen molar-refractivity contribution in [2.75, 3.05) is 12.4 Å². The zero-order valence-corrected chi connectivity index (χ0v) is 14.3. The number of halogens is 2. The van der Waals surface area contributed by atoms with Crippen molar-refractivity contribution in [2.45, 2.75) is 26.1 Å². The van der Waals surface area contributed by atoms with Gasteiger partial charge in [0.15, 0.2) is 0 Å². The van der Waals surface area contributed by atoms with Gasteiger partial charge in [0.25, 0.3) is 0 Å². The third kappa shape index (κ3) is 3.36. The first-order valence-electron chi connectivity index (χ1n) is 8.28. The van der Waals surface area contributed by atoms with Crippen molar-refractivity contribution < 1.29 is 32.6 Å². The number of hydrogen-bond donors (Lipinski definition) is 1. The summed E-state index contributed by atoms with van der Waals surface area (Å²) in [6.45, 7) is 1.97. The molecule has 6 nitrogen and oxygen atoms in total. The van der Waals surface area contributed by atoms with Gasteiger partial charge in [0.1, 0.15) is 17.3 Å². The maximum Gasteiger partial charge on any atom is 0.414 e. The Bertz CT molecular complexity index is 731. The number of carbonyl (C=O) groups excluding carboxylic acids is 2. The van der Waals surface area contributed by atoms with Gasteiger partial charge in [-0.15, -0.1) is 0 Å². The minimum absolute atomic E-state index is 0.136. The maximum atomic E-state index is 13.6. The third-order valence-corrected chi connectivity index (χ3v) is 4.93. The van der Waals surface area contributed by atoms with E-state index in [-0.39, 0.29) is 17.8 Å². The fourth-order valence-electron chi connectivity index (χ4n) is 3.64. The number of anilines is 1. The molecule has 0 radical (unpaired) electrons. The highest BCUT2D eigenvalue weighted by Gasteiger charge is 2.48. The Morgan fingerprint density at radius 2 is 1.92 bits per heavy atom. The quantitative estimate of drug-likeness (QED) is 0.827. The van der Waals surface area contributed by atoms with Gasteiger partial charge in [0, 0.05) is 11.8 Å². The third-order valence-electron chi connectivity index (χ3n) is 4.93. The molecule has 0 spiro atoms. The summed E-state index contributed by atoms with van der Waals surface area (Å²) in [6, 6.07) is 3.24. The van der Waals surface area contributed by atoms with E-state index >= 15 is 0 Å². The van der Waals surface area contributed by atoms with Crippen molar-refractivity contribution >= 4 is 17.7 Å². The molecule has 0 aromatic heterocycles. The molecule has 8 heteroatoms. The first-order chi connectivity index (χ1) is 12.4. The van der Waals surface area contributed by atoms with E-state index in [1.807, 2.05) is 6.92 Å². The smallest absolute Gasteiger partial charge is 0.414 e. The highest BCUT2D eigenvalue weighted by molar-refractivity contribution is 5.89. The molecule has 1 aliphatic carbocycles. The lowest BCUT2D eigenvalue weighted by molar-refractivity contribution is -0.144. The summed E-state index contributed by atoms with van der Waals surface area (Å²) in [5.74, 6) is -2.57. The van der Waals surface area contributed by atoms with Gasteiger partial charge in [-0.2, -0.15) is 0 Å². The average Bonchev–Trinajstić information content (AvgIpc) is 3.00. The van der Waals surface area contributed by atoms with Crippen molar-refractivity contribution in [3.63, 3.8) is 0 Å². The molecule has 4 atom stereocenters. The summed E-state index contributed by atoms with van der Waals surface area (Å²) in [5.41, 5.74) is -0.183. The van der Waals surface area contributed by atoms with E-state index in [9.17, 15) is 18.4 Å². The zero-order chi connectivity index (χ0) is 18.8. The summed E-state index contributed by atoms with van der Waals surface area (Å²) in [6.07, 6.45) is 0.815. The standard InChI is InChI=1S/C18H19F2NO5/c1-9-6-7-10-11(16(22)24-2)8-25-17(14(9)10)26-18(23)21-15-12(19)4-3-5-13(15)20/h3-5,8-10,14,17H,6-7H2,1-2H3,(H,21,23). The van der Waals surface area contributed by atoms with E-state index in [2.05, 4.69) is 5.32 Å². The van der Waals surface area contributed by atoms with Crippen LogP contribution in [0.15, 0.2) is 30.0 Å². The first-order valence-corrected chi connectivity index (χ1v) is 8.28. The number of fused-ring (bicyclic) bond motifs is 1. The second-order valence-corrected chi connectivity index (χ2v) is 6.43.